The normalized spacial score (nSPS) is 14.0. The van der Waals surface area contributed by atoms with Gasteiger partial charge in [0.25, 0.3) is 0 Å². The fourth-order valence-corrected chi connectivity index (χ4v) is 1.55. The summed E-state index contributed by atoms with van der Waals surface area (Å²) < 4.78 is 0. The minimum Gasteiger partial charge on any atom is -0.390 e. The van der Waals surface area contributed by atoms with Gasteiger partial charge in [-0.3, -0.25) is 0 Å². The molecule has 1 aromatic rings. The number of nitrogens with zero attached hydrogens (tertiary/aromatic N) is 3. The van der Waals surface area contributed by atoms with Gasteiger partial charge in [0.15, 0.2) is 0 Å². The van der Waals surface area contributed by atoms with Crippen molar-refractivity contribution in [1.82, 2.24) is 0 Å². The summed E-state index contributed by atoms with van der Waals surface area (Å²) in [4.78, 5) is 2.51. The minimum atomic E-state index is -1.16. The van der Waals surface area contributed by atoms with Crippen LogP contribution in [0, 0.1) is 6.92 Å². The zero-order valence-electron chi connectivity index (χ0n) is 8.71. The van der Waals surface area contributed by atoms with Crippen molar-refractivity contribution in [2.75, 3.05) is 6.54 Å². The largest absolute Gasteiger partial charge is 0.390 e. The van der Waals surface area contributed by atoms with E-state index in [1.165, 1.54) is 0 Å². The number of hydrogen-bond acceptors (Lipinski definition) is 3. The van der Waals surface area contributed by atoms with Gasteiger partial charge in [-0.2, -0.15) is 0 Å². The van der Waals surface area contributed by atoms with Crippen molar-refractivity contribution < 1.29 is 10.2 Å². The predicted molar refractivity (Wildman–Crippen MR) is 61.2 cm³/mol. The molecular weight excluding hydrogens is 230 g/mol. The first-order chi connectivity index (χ1) is 7.56. The van der Waals surface area contributed by atoms with E-state index in [4.69, 9.17) is 17.1 Å². The Kier molecular flexibility index (Phi) is 4.58. The van der Waals surface area contributed by atoms with Crippen LogP contribution in [0.4, 0.5) is 0 Å². The molecule has 2 unspecified atom stereocenters. The fraction of sp³-hybridized carbons (Fsp3) is 0.400. The van der Waals surface area contributed by atoms with E-state index in [9.17, 15) is 10.2 Å². The quantitative estimate of drug-likeness (QED) is 0.481. The zero-order chi connectivity index (χ0) is 12.1. The van der Waals surface area contributed by atoms with Gasteiger partial charge in [0, 0.05) is 15.5 Å². The molecule has 1 rings (SSSR count). The van der Waals surface area contributed by atoms with Crippen molar-refractivity contribution >= 4 is 11.6 Å². The summed E-state index contributed by atoms with van der Waals surface area (Å²) >= 11 is 5.89. The molecular formula is C10H12ClN3O2. The molecule has 0 aliphatic rings. The van der Waals surface area contributed by atoms with Crippen LogP contribution in [0.3, 0.4) is 0 Å². The van der Waals surface area contributed by atoms with Crippen LogP contribution in [0.1, 0.15) is 17.2 Å². The SMILES string of the molecule is Cc1ccc(Cl)c(C(O)C(O)CN=[N+]=[N-])c1. The molecule has 5 nitrogen and oxygen atoms in total. The number of halogens is 1. The number of hydrogen-bond donors (Lipinski definition) is 2. The molecule has 1 aromatic carbocycles. The Morgan fingerprint density at radius 2 is 2.19 bits per heavy atom. The van der Waals surface area contributed by atoms with Crippen LogP contribution < -0.4 is 0 Å². The molecule has 2 atom stereocenters. The second kappa shape index (κ2) is 5.72. The molecule has 0 saturated heterocycles. The highest BCUT2D eigenvalue weighted by Gasteiger charge is 2.20. The van der Waals surface area contributed by atoms with E-state index in [0.29, 0.717) is 10.6 Å². The lowest BCUT2D eigenvalue weighted by Gasteiger charge is -2.17. The summed E-state index contributed by atoms with van der Waals surface area (Å²) in [6.07, 6.45) is -2.31. The van der Waals surface area contributed by atoms with Crippen LogP contribution in [-0.4, -0.2) is 22.9 Å². The Bertz CT molecular complexity index is 419. The third-order valence-corrected chi connectivity index (χ3v) is 2.51. The lowest BCUT2D eigenvalue weighted by atomic mass is 10.0. The molecule has 0 aromatic heterocycles. The summed E-state index contributed by atoms with van der Waals surface area (Å²) in [5.74, 6) is 0. The number of rotatable bonds is 4. The van der Waals surface area contributed by atoms with Crippen LogP contribution in [0.2, 0.25) is 5.02 Å². The Balaban J connectivity index is 2.90. The van der Waals surface area contributed by atoms with E-state index in [1.54, 1.807) is 18.2 Å². The summed E-state index contributed by atoms with van der Waals surface area (Å²) in [6, 6.07) is 5.14. The Morgan fingerprint density at radius 1 is 1.50 bits per heavy atom. The van der Waals surface area contributed by atoms with E-state index in [2.05, 4.69) is 10.0 Å². The van der Waals surface area contributed by atoms with Gasteiger partial charge < -0.3 is 10.2 Å². The van der Waals surface area contributed by atoms with Crippen molar-refractivity contribution in [3.63, 3.8) is 0 Å². The molecule has 0 spiro atoms. The second-order valence-electron chi connectivity index (χ2n) is 3.45. The first kappa shape index (κ1) is 12.8. The fourth-order valence-electron chi connectivity index (χ4n) is 1.32. The third-order valence-electron chi connectivity index (χ3n) is 2.17. The van der Waals surface area contributed by atoms with Crippen molar-refractivity contribution in [3.05, 3.63) is 44.8 Å². The maximum atomic E-state index is 9.80. The molecule has 0 aliphatic heterocycles. The average molecular weight is 242 g/mol. The zero-order valence-corrected chi connectivity index (χ0v) is 9.46. The third kappa shape index (κ3) is 3.12. The molecule has 0 amide bonds. The highest BCUT2D eigenvalue weighted by Crippen LogP contribution is 2.26. The maximum Gasteiger partial charge on any atom is 0.106 e. The highest BCUT2D eigenvalue weighted by molar-refractivity contribution is 6.31. The summed E-state index contributed by atoms with van der Waals surface area (Å²) in [5, 5.41) is 22.9. The molecule has 0 fully saturated rings. The van der Waals surface area contributed by atoms with Crippen LogP contribution in [0.5, 0.6) is 0 Å². The molecule has 0 bridgehead atoms. The van der Waals surface area contributed by atoms with Gasteiger partial charge in [-0.15, -0.1) is 0 Å². The summed E-state index contributed by atoms with van der Waals surface area (Å²) in [6.45, 7) is 1.66. The van der Waals surface area contributed by atoms with Gasteiger partial charge >= 0.3 is 0 Å². The van der Waals surface area contributed by atoms with E-state index in [-0.39, 0.29) is 6.54 Å². The second-order valence-corrected chi connectivity index (χ2v) is 3.86. The van der Waals surface area contributed by atoms with Gasteiger partial charge in [-0.25, -0.2) is 0 Å². The molecule has 0 aliphatic carbocycles. The maximum absolute atomic E-state index is 9.80. The monoisotopic (exact) mass is 241 g/mol. The summed E-state index contributed by atoms with van der Waals surface area (Å²) in [5.41, 5.74) is 9.46. The van der Waals surface area contributed by atoms with Gasteiger partial charge in [0.2, 0.25) is 0 Å². The van der Waals surface area contributed by atoms with Gasteiger partial charge in [-0.05, 0) is 18.5 Å². The van der Waals surface area contributed by atoms with Crippen molar-refractivity contribution in [3.8, 4) is 0 Å². The average Bonchev–Trinajstić information content (AvgIpc) is 2.28. The van der Waals surface area contributed by atoms with Crippen LogP contribution in [0.15, 0.2) is 23.3 Å². The van der Waals surface area contributed by atoms with Crippen LogP contribution >= 0.6 is 11.6 Å². The van der Waals surface area contributed by atoms with Crippen molar-refractivity contribution in [2.24, 2.45) is 5.11 Å². The molecule has 0 saturated carbocycles. The van der Waals surface area contributed by atoms with Crippen LogP contribution in [-0.2, 0) is 0 Å². The minimum absolute atomic E-state index is 0.193. The van der Waals surface area contributed by atoms with E-state index >= 15 is 0 Å². The number of aliphatic hydroxyl groups excluding tert-OH is 2. The van der Waals surface area contributed by atoms with E-state index < -0.39 is 12.2 Å². The predicted octanol–water partition coefficient (Wildman–Crippen LogP) is 2.35. The smallest absolute Gasteiger partial charge is 0.106 e. The van der Waals surface area contributed by atoms with E-state index in [0.717, 1.165) is 5.56 Å². The van der Waals surface area contributed by atoms with Crippen molar-refractivity contribution in [2.45, 2.75) is 19.1 Å². The Labute approximate surface area is 97.9 Å². The lowest BCUT2D eigenvalue weighted by Crippen LogP contribution is -2.21. The standard InChI is InChI=1S/C10H12ClN3O2/c1-6-2-3-8(11)7(4-6)10(16)9(15)5-13-14-12/h2-4,9-10,15-16H,5H2,1H3. The molecule has 16 heavy (non-hydrogen) atoms. The molecule has 2 N–H and O–H groups in total. The molecule has 6 heteroatoms. The van der Waals surface area contributed by atoms with Gasteiger partial charge in [0.05, 0.1) is 12.6 Å². The lowest BCUT2D eigenvalue weighted by molar-refractivity contribution is 0.0244. The van der Waals surface area contributed by atoms with Crippen molar-refractivity contribution in [1.29, 1.82) is 0 Å². The topological polar surface area (TPSA) is 89.2 Å². The molecule has 0 radical (unpaired) electrons. The molecule has 86 valence electrons. The molecule has 0 heterocycles. The Hall–Kier alpha value is -1.26. The highest BCUT2D eigenvalue weighted by atomic mass is 35.5. The van der Waals surface area contributed by atoms with Gasteiger partial charge in [0.1, 0.15) is 6.10 Å². The first-order valence-corrected chi connectivity index (χ1v) is 5.07. The summed E-state index contributed by atoms with van der Waals surface area (Å²) in [7, 11) is 0. The van der Waals surface area contributed by atoms with Gasteiger partial charge in [-0.1, -0.05) is 34.4 Å². The van der Waals surface area contributed by atoms with Crippen LogP contribution in [0.25, 0.3) is 10.4 Å². The number of aliphatic hydroxyl groups is 2. The first-order valence-electron chi connectivity index (χ1n) is 4.69. The Morgan fingerprint density at radius 3 is 2.81 bits per heavy atom. The van der Waals surface area contributed by atoms with E-state index in [1.807, 2.05) is 6.92 Å². The number of benzene rings is 1. The number of azide groups is 1. The number of aryl methyl sites for hydroxylation is 1.